The predicted molar refractivity (Wildman–Crippen MR) is 71.9 cm³/mol. The Bertz CT molecular complexity index is 392. The van der Waals surface area contributed by atoms with Crippen LogP contribution in [-0.4, -0.2) is 18.8 Å². The van der Waals surface area contributed by atoms with Crippen LogP contribution in [0.15, 0.2) is 12.1 Å². The molecule has 1 N–H and O–H groups in total. The van der Waals surface area contributed by atoms with E-state index in [-0.39, 0.29) is 12.0 Å². The molecular formula is C15H24O2. The van der Waals surface area contributed by atoms with Gasteiger partial charge in [-0.3, -0.25) is 0 Å². The van der Waals surface area contributed by atoms with Crippen LogP contribution in [0.4, 0.5) is 0 Å². The first kappa shape index (κ1) is 14.0. The van der Waals surface area contributed by atoms with Gasteiger partial charge in [0.15, 0.2) is 0 Å². The van der Waals surface area contributed by atoms with Crippen molar-refractivity contribution in [2.75, 3.05) is 13.7 Å². The number of rotatable bonds is 4. The van der Waals surface area contributed by atoms with Crippen LogP contribution in [0.25, 0.3) is 0 Å². The van der Waals surface area contributed by atoms with Crippen molar-refractivity contribution >= 4 is 0 Å². The molecule has 0 radical (unpaired) electrons. The lowest BCUT2D eigenvalue weighted by molar-refractivity contribution is 0.214. The van der Waals surface area contributed by atoms with E-state index < -0.39 is 0 Å². The van der Waals surface area contributed by atoms with Crippen molar-refractivity contribution in [3.63, 3.8) is 0 Å². The molecule has 1 rings (SSSR count). The second-order valence-electron chi connectivity index (χ2n) is 5.58. The van der Waals surface area contributed by atoms with Gasteiger partial charge in [0.25, 0.3) is 0 Å². The Morgan fingerprint density at radius 1 is 1.29 bits per heavy atom. The lowest BCUT2D eigenvalue weighted by Crippen LogP contribution is -2.24. The highest BCUT2D eigenvalue weighted by molar-refractivity contribution is 5.51. The molecule has 96 valence electrons. The monoisotopic (exact) mass is 236 g/mol. The number of aliphatic hydroxyl groups excluding tert-OH is 1. The average Bonchev–Trinajstić information content (AvgIpc) is 2.27. The standard InChI is InChI=1S/C15H24O2/c1-10(2)12-8-7-11(3)13(14(12)17-6)15(4,5)9-16/h7-8,10,16H,9H2,1-6H3. The van der Waals surface area contributed by atoms with Gasteiger partial charge >= 0.3 is 0 Å². The summed E-state index contributed by atoms with van der Waals surface area (Å²) in [7, 11) is 1.71. The van der Waals surface area contributed by atoms with E-state index in [1.165, 1.54) is 11.1 Å². The highest BCUT2D eigenvalue weighted by Crippen LogP contribution is 2.39. The lowest BCUT2D eigenvalue weighted by atomic mass is 9.80. The Labute approximate surface area is 105 Å². The van der Waals surface area contributed by atoms with Crippen LogP contribution in [0, 0.1) is 6.92 Å². The number of ether oxygens (including phenoxy) is 1. The average molecular weight is 236 g/mol. The molecule has 17 heavy (non-hydrogen) atoms. The van der Waals surface area contributed by atoms with Gasteiger partial charge in [-0.2, -0.15) is 0 Å². The van der Waals surface area contributed by atoms with Crippen molar-refractivity contribution in [2.45, 2.75) is 46.0 Å². The van der Waals surface area contributed by atoms with Gasteiger partial charge in [0.05, 0.1) is 13.7 Å². The summed E-state index contributed by atoms with van der Waals surface area (Å²) in [4.78, 5) is 0. The maximum Gasteiger partial charge on any atom is 0.126 e. The number of aryl methyl sites for hydroxylation is 1. The van der Waals surface area contributed by atoms with Crippen LogP contribution in [0.3, 0.4) is 0 Å². The predicted octanol–water partition coefficient (Wildman–Crippen LogP) is 3.40. The van der Waals surface area contributed by atoms with Crippen LogP contribution < -0.4 is 4.74 Å². The van der Waals surface area contributed by atoms with Gasteiger partial charge in [0.1, 0.15) is 5.75 Å². The van der Waals surface area contributed by atoms with Crippen molar-refractivity contribution in [2.24, 2.45) is 0 Å². The molecule has 0 spiro atoms. The van der Waals surface area contributed by atoms with Gasteiger partial charge < -0.3 is 9.84 Å². The quantitative estimate of drug-likeness (QED) is 0.868. The Morgan fingerprint density at radius 3 is 2.29 bits per heavy atom. The first-order chi connectivity index (χ1) is 7.85. The second-order valence-corrected chi connectivity index (χ2v) is 5.58. The zero-order chi connectivity index (χ0) is 13.2. The molecule has 0 aliphatic rings. The van der Waals surface area contributed by atoms with Crippen LogP contribution >= 0.6 is 0 Å². The molecule has 0 aliphatic carbocycles. The van der Waals surface area contributed by atoms with Crippen molar-refractivity contribution in [3.8, 4) is 5.75 Å². The summed E-state index contributed by atoms with van der Waals surface area (Å²) in [5.41, 5.74) is 3.22. The minimum Gasteiger partial charge on any atom is -0.496 e. The third kappa shape index (κ3) is 2.63. The highest BCUT2D eigenvalue weighted by atomic mass is 16.5. The Hall–Kier alpha value is -1.02. The number of hydrogen-bond donors (Lipinski definition) is 1. The minimum atomic E-state index is -0.277. The molecule has 0 aromatic heterocycles. The molecule has 0 saturated heterocycles. The molecule has 0 bridgehead atoms. The molecule has 2 heteroatoms. The van der Waals surface area contributed by atoms with E-state index in [2.05, 4.69) is 32.9 Å². The molecule has 0 aliphatic heterocycles. The van der Waals surface area contributed by atoms with Crippen LogP contribution in [0.5, 0.6) is 5.75 Å². The van der Waals surface area contributed by atoms with E-state index in [0.717, 1.165) is 11.3 Å². The van der Waals surface area contributed by atoms with E-state index in [1.54, 1.807) is 7.11 Å². The number of hydrogen-bond acceptors (Lipinski definition) is 2. The molecule has 0 atom stereocenters. The topological polar surface area (TPSA) is 29.5 Å². The Morgan fingerprint density at radius 2 is 1.88 bits per heavy atom. The van der Waals surface area contributed by atoms with Crippen molar-refractivity contribution in [1.82, 2.24) is 0 Å². The highest BCUT2D eigenvalue weighted by Gasteiger charge is 2.27. The number of benzene rings is 1. The summed E-state index contributed by atoms with van der Waals surface area (Å²) in [5, 5.41) is 9.57. The first-order valence-corrected chi connectivity index (χ1v) is 6.14. The summed E-state index contributed by atoms with van der Waals surface area (Å²) in [6, 6.07) is 4.24. The van der Waals surface area contributed by atoms with Crippen LogP contribution in [0.2, 0.25) is 0 Å². The lowest BCUT2D eigenvalue weighted by Gasteiger charge is -2.29. The summed E-state index contributed by atoms with van der Waals surface area (Å²) in [6.45, 7) is 10.6. The maximum absolute atomic E-state index is 9.57. The Balaban J connectivity index is 3.51. The molecule has 0 heterocycles. The fraction of sp³-hybridized carbons (Fsp3) is 0.600. The zero-order valence-corrected chi connectivity index (χ0v) is 11.8. The van der Waals surface area contributed by atoms with Gasteiger partial charge in [-0.25, -0.2) is 0 Å². The van der Waals surface area contributed by atoms with Gasteiger partial charge in [-0.15, -0.1) is 0 Å². The van der Waals surface area contributed by atoms with E-state index in [1.807, 2.05) is 13.8 Å². The molecule has 0 amide bonds. The third-order valence-corrected chi connectivity index (χ3v) is 3.29. The SMILES string of the molecule is COc1c(C(C)C)ccc(C)c1C(C)(C)CO. The summed E-state index contributed by atoms with van der Waals surface area (Å²) < 4.78 is 5.60. The van der Waals surface area contributed by atoms with Gasteiger partial charge in [-0.05, 0) is 24.0 Å². The van der Waals surface area contributed by atoms with E-state index in [4.69, 9.17) is 4.74 Å². The fourth-order valence-electron chi connectivity index (χ4n) is 2.29. The molecule has 1 aromatic rings. The largest absolute Gasteiger partial charge is 0.496 e. The van der Waals surface area contributed by atoms with Crippen molar-refractivity contribution < 1.29 is 9.84 Å². The molecular weight excluding hydrogens is 212 g/mol. The second kappa shape index (κ2) is 5.09. The number of aliphatic hydroxyl groups is 1. The Kier molecular flexibility index (Phi) is 4.21. The first-order valence-electron chi connectivity index (χ1n) is 6.14. The van der Waals surface area contributed by atoms with E-state index in [9.17, 15) is 5.11 Å². The molecule has 0 unspecified atom stereocenters. The summed E-state index contributed by atoms with van der Waals surface area (Å²) in [6.07, 6.45) is 0. The molecule has 0 fully saturated rings. The molecule has 2 nitrogen and oxygen atoms in total. The molecule has 1 aromatic carbocycles. The summed E-state index contributed by atoms with van der Waals surface area (Å²) >= 11 is 0. The third-order valence-electron chi connectivity index (χ3n) is 3.29. The van der Waals surface area contributed by atoms with Crippen molar-refractivity contribution in [3.05, 3.63) is 28.8 Å². The van der Waals surface area contributed by atoms with Crippen LogP contribution in [0.1, 0.15) is 50.3 Å². The fourth-order valence-corrected chi connectivity index (χ4v) is 2.29. The van der Waals surface area contributed by atoms with E-state index in [0.29, 0.717) is 5.92 Å². The molecule has 0 saturated carbocycles. The normalized spacial score (nSPS) is 12.0. The van der Waals surface area contributed by atoms with Crippen LogP contribution in [-0.2, 0) is 5.41 Å². The smallest absolute Gasteiger partial charge is 0.126 e. The van der Waals surface area contributed by atoms with Crippen molar-refractivity contribution in [1.29, 1.82) is 0 Å². The van der Waals surface area contributed by atoms with Gasteiger partial charge in [0, 0.05) is 11.0 Å². The summed E-state index contributed by atoms with van der Waals surface area (Å²) in [5.74, 6) is 1.35. The number of methoxy groups -OCH3 is 1. The maximum atomic E-state index is 9.57. The van der Waals surface area contributed by atoms with Gasteiger partial charge in [-0.1, -0.05) is 39.8 Å². The minimum absolute atomic E-state index is 0.117. The zero-order valence-electron chi connectivity index (χ0n) is 11.8. The van der Waals surface area contributed by atoms with Gasteiger partial charge in [0.2, 0.25) is 0 Å². The van der Waals surface area contributed by atoms with E-state index >= 15 is 0 Å².